The minimum Gasteiger partial charge on any atom is -0.381 e. The van der Waals surface area contributed by atoms with Crippen LogP contribution in [-0.2, 0) is 4.74 Å². The summed E-state index contributed by atoms with van der Waals surface area (Å²) in [4.78, 5) is 9.26. The summed E-state index contributed by atoms with van der Waals surface area (Å²) >= 11 is 0. The molecule has 3 heterocycles. The molecule has 0 atom stereocenters. The van der Waals surface area contributed by atoms with Crippen LogP contribution in [0.1, 0.15) is 67.6 Å². The van der Waals surface area contributed by atoms with Crippen molar-refractivity contribution in [3.05, 3.63) is 35.7 Å². The lowest BCUT2D eigenvalue weighted by atomic mass is 9.86. The maximum atomic E-state index is 6.11. The average Bonchev–Trinajstić information content (AvgIpc) is 3.09. The van der Waals surface area contributed by atoms with E-state index in [0.717, 1.165) is 74.6 Å². The number of ether oxygens (including phenoxy) is 1. The zero-order valence-electron chi connectivity index (χ0n) is 14.9. The number of hydrogen-bond donors (Lipinski definition) is 1. The number of rotatable bonds is 3. The number of aryl methyl sites for hydroxylation is 1. The second-order valence-electron chi connectivity index (χ2n) is 7.40. The first-order valence-corrected chi connectivity index (χ1v) is 9.43. The minimum atomic E-state index is 0.338. The monoisotopic (exact) mass is 341 g/mol. The van der Waals surface area contributed by atoms with E-state index in [1.807, 2.05) is 18.5 Å². The third-order valence-corrected chi connectivity index (χ3v) is 5.59. The molecule has 1 aliphatic carbocycles. The predicted octanol–water partition coefficient (Wildman–Crippen LogP) is 2.85. The Hall–Kier alpha value is -1.79. The maximum Gasteiger partial charge on any atom is 0.154 e. The van der Waals surface area contributed by atoms with E-state index in [2.05, 4.69) is 16.6 Å². The summed E-state index contributed by atoms with van der Waals surface area (Å²) < 4.78 is 7.58. The van der Waals surface area contributed by atoms with Crippen molar-refractivity contribution in [2.24, 2.45) is 5.73 Å². The number of pyridine rings is 1. The summed E-state index contributed by atoms with van der Waals surface area (Å²) in [5.41, 5.74) is 8.32. The quantitative estimate of drug-likeness (QED) is 0.929. The Balaban J connectivity index is 1.72. The van der Waals surface area contributed by atoms with Gasteiger partial charge in [0.1, 0.15) is 5.82 Å². The molecule has 0 unspecified atom stereocenters. The molecule has 0 amide bonds. The molecule has 0 spiro atoms. The lowest BCUT2D eigenvalue weighted by Crippen LogP contribution is -2.26. The summed E-state index contributed by atoms with van der Waals surface area (Å²) in [6.45, 7) is 3.70. The van der Waals surface area contributed by atoms with Gasteiger partial charge < -0.3 is 10.5 Å². The molecule has 1 aliphatic heterocycles. The van der Waals surface area contributed by atoms with Gasteiger partial charge in [-0.3, -0.25) is 4.98 Å². The fourth-order valence-corrected chi connectivity index (χ4v) is 3.99. The van der Waals surface area contributed by atoms with E-state index in [1.165, 1.54) is 0 Å². The molecule has 0 bridgehead atoms. The highest BCUT2D eigenvalue weighted by atomic mass is 16.5. The number of nitrogens with zero attached hydrogens (tertiary/aromatic N) is 4. The van der Waals surface area contributed by atoms with Gasteiger partial charge in [-0.1, -0.05) is 0 Å². The van der Waals surface area contributed by atoms with Gasteiger partial charge in [-0.05, 0) is 57.1 Å². The second-order valence-corrected chi connectivity index (χ2v) is 7.40. The molecule has 6 nitrogen and oxygen atoms in total. The van der Waals surface area contributed by atoms with Gasteiger partial charge in [0.15, 0.2) is 5.82 Å². The van der Waals surface area contributed by atoms with E-state index >= 15 is 0 Å². The van der Waals surface area contributed by atoms with Gasteiger partial charge in [-0.15, -0.1) is 0 Å². The number of nitrogens with two attached hydrogens (primary N) is 1. The van der Waals surface area contributed by atoms with Crippen LogP contribution in [0.2, 0.25) is 0 Å². The van der Waals surface area contributed by atoms with E-state index in [0.29, 0.717) is 17.9 Å². The van der Waals surface area contributed by atoms with Gasteiger partial charge in [0.2, 0.25) is 0 Å². The molecule has 2 aromatic rings. The Kier molecular flexibility index (Phi) is 4.81. The first-order chi connectivity index (χ1) is 12.2. The zero-order valence-corrected chi connectivity index (χ0v) is 14.9. The highest BCUT2D eigenvalue weighted by Crippen LogP contribution is 2.34. The lowest BCUT2D eigenvalue weighted by molar-refractivity contribution is 0.0836. The van der Waals surface area contributed by atoms with Crippen LogP contribution in [0.4, 0.5) is 0 Å². The second kappa shape index (κ2) is 7.22. The Labute approximate surface area is 148 Å². The standard InChI is InChI=1S/C19H27N5O/c1-13-12-21-9-6-17(13)24-19(15-2-4-16(20)5-3-15)22-18(23-24)14-7-10-25-11-8-14/h6,9,12,14-16H,2-5,7-8,10-11,20H2,1H3. The molecule has 2 aromatic heterocycles. The van der Waals surface area contributed by atoms with Gasteiger partial charge in [0, 0.05) is 43.5 Å². The molecule has 4 rings (SSSR count). The molecule has 6 heteroatoms. The first-order valence-electron chi connectivity index (χ1n) is 9.43. The normalized spacial score (nSPS) is 25.2. The van der Waals surface area contributed by atoms with E-state index in [4.69, 9.17) is 20.6 Å². The van der Waals surface area contributed by atoms with Crippen molar-refractivity contribution in [2.75, 3.05) is 13.2 Å². The predicted molar refractivity (Wildman–Crippen MR) is 95.9 cm³/mol. The molecule has 25 heavy (non-hydrogen) atoms. The van der Waals surface area contributed by atoms with E-state index in [1.54, 1.807) is 0 Å². The van der Waals surface area contributed by atoms with Gasteiger partial charge in [-0.25, -0.2) is 9.67 Å². The molecule has 2 N–H and O–H groups in total. The maximum absolute atomic E-state index is 6.11. The van der Waals surface area contributed by atoms with E-state index in [-0.39, 0.29) is 0 Å². The Morgan fingerprint density at radius 1 is 1.08 bits per heavy atom. The smallest absolute Gasteiger partial charge is 0.154 e. The fraction of sp³-hybridized carbons (Fsp3) is 0.632. The van der Waals surface area contributed by atoms with Gasteiger partial charge in [-0.2, -0.15) is 5.10 Å². The molecule has 2 aliphatic rings. The van der Waals surface area contributed by atoms with E-state index in [9.17, 15) is 0 Å². The van der Waals surface area contributed by atoms with Crippen molar-refractivity contribution in [3.63, 3.8) is 0 Å². The highest BCUT2D eigenvalue weighted by Gasteiger charge is 2.29. The van der Waals surface area contributed by atoms with Crippen molar-refractivity contribution in [2.45, 2.75) is 63.3 Å². The van der Waals surface area contributed by atoms with Crippen LogP contribution < -0.4 is 5.73 Å². The summed E-state index contributed by atoms with van der Waals surface area (Å²) in [6, 6.07) is 2.38. The summed E-state index contributed by atoms with van der Waals surface area (Å²) in [5, 5.41) is 4.95. The third-order valence-electron chi connectivity index (χ3n) is 5.59. The first kappa shape index (κ1) is 16.7. The molecule has 2 fully saturated rings. The molecule has 1 saturated heterocycles. The van der Waals surface area contributed by atoms with E-state index < -0.39 is 0 Å². The summed E-state index contributed by atoms with van der Waals surface area (Å²) in [5.74, 6) is 2.92. The van der Waals surface area contributed by atoms with Crippen molar-refractivity contribution >= 4 is 0 Å². The SMILES string of the molecule is Cc1cnccc1-n1nc(C2CCOCC2)nc1C1CCC(N)CC1. The molecule has 0 radical (unpaired) electrons. The van der Waals surface area contributed by atoms with Crippen molar-refractivity contribution in [1.29, 1.82) is 0 Å². The topological polar surface area (TPSA) is 78.8 Å². The van der Waals surface area contributed by atoms with Crippen LogP contribution in [0.25, 0.3) is 5.69 Å². The largest absolute Gasteiger partial charge is 0.381 e. The number of aromatic nitrogens is 4. The van der Waals surface area contributed by atoms with Crippen LogP contribution in [-0.4, -0.2) is 39.0 Å². The summed E-state index contributed by atoms with van der Waals surface area (Å²) in [7, 11) is 0. The van der Waals surface area contributed by atoms with Gasteiger partial charge in [0.25, 0.3) is 0 Å². The molecular weight excluding hydrogens is 314 g/mol. The van der Waals surface area contributed by atoms with Crippen LogP contribution in [0.15, 0.2) is 18.5 Å². The fourth-order valence-electron chi connectivity index (χ4n) is 3.99. The zero-order chi connectivity index (χ0) is 17.2. The van der Waals surface area contributed by atoms with Crippen LogP contribution in [0.5, 0.6) is 0 Å². The number of hydrogen-bond acceptors (Lipinski definition) is 5. The highest BCUT2D eigenvalue weighted by molar-refractivity contribution is 5.38. The van der Waals surface area contributed by atoms with Gasteiger partial charge in [0.05, 0.1) is 5.69 Å². The van der Waals surface area contributed by atoms with Crippen LogP contribution in [0.3, 0.4) is 0 Å². The average molecular weight is 341 g/mol. The molecule has 134 valence electrons. The van der Waals surface area contributed by atoms with Crippen LogP contribution in [0, 0.1) is 6.92 Å². The molecule has 1 saturated carbocycles. The minimum absolute atomic E-state index is 0.338. The Bertz CT molecular complexity index is 714. The van der Waals surface area contributed by atoms with Crippen molar-refractivity contribution in [1.82, 2.24) is 19.7 Å². The summed E-state index contributed by atoms with van der Waals surface area (Å²) in [6.07, 6.45) is 10.1. The molecule has 0 aromatic carbocycles. The third kappa shape index (κ3) is 3.46. The molecular formula is C19H27N5O. The lowest BCUT2D eigenvalue weighted by Gasteiger charge is -2.25. The van der Waals surface area contributed by atoms with Gasteiger partial charge >= 0.3 is 0 Å². The Morgan fingerprint density at radius 2 is 1.84 bits per heavy atom. The van der Waals surface area contributed by atoms with Crippen molar-refractivity contribution < 1.29 is 4.74 Å². The van der Waals surface area contributed by atoms with Crippen molar-refractivity contribution in [3.8, 4) is 5.69 Å². The van der Waals surface area contributed by atoms with Crippen LogP contribution >= 0.6 is 0 Å². The Morgan fingerprint density at radius 3 is 2.56 bits per heavy atom.